The summed E-state index contributed by atoms with van der Waals surface area (Å²) in [7, 11) is 0. The first-order chi connectivity index (χ1) is 8.58. The molecule has 0 saturated carbocycles. The van der Waals surface area contributed by atoms with Crippen molar-refractivity contribution in [1.82, 2.24) is 20.2 Å². The number of hydrogen-bond donors (Lipinski definition) is 3. The van der Waals surface area contributed by atoms with Crippen LogP contribution in [0.25, 0.3) is 0 Å². The van der Waals surface area contributed by atoms with E-state index in [1.165, 1.54) is 0 Å². The fourth-order valence-electron chi connectivity index (χ4n) is 2.19. The lowest BCUT2D eigenvalue weighted by Gasteiger charge is -2.26. The smallest absolute Gasteiger partial charge is 0.258 e. The summed E-state index contributed by atoms with van der Waals surface area (Å²) in [5.41, 5.74) is 0.127. The Balaban J connectivity index is 2.17. The number of H-pyrrole nitrogens is 1. The largest absolute Gasteiger partial charge is 0.493 e. The van der Waals surface area contributed by atoms with Crippen LogP contribution in [0.4, 0.5) is 0 Å². The summed E-state index contributed by atoms with van der Waals surface area (Å²) in [4.78, 5) is 20.9. The minimum Gasteiger partial charge on any atom is -0.493 e. The van der Waals surface area contributed by atoms with Crippen molar-refractivity contribution in [2.45, 2.75) is 26.3 Å². The second kappa shape index (κ2) is 5.49. The van der Waals surface area contributed by atoms with Crippen LogP contribution in [-0.4, -0.2) is 46.2 Å². The zero-order chi connectivity index (χ0) is 13.1. The van der Waals surface area contributed by atoms with Crippen LogP contribution in [0.2, 0.25) is 0 Å². The molecular weight excluding hydrogens is 232 g/mol. The van der Waals surface area contributed by atoms with Gasteiger partial charge in [-0.15, -0.1) is 0 Å². The molecule has 0 unspecified atom stereocenters. The van der Waals surface area contributed by atoms with E-state index in [1.54, 1.807) is 0 Å². The first-order valence-electron chi connectivity index (χ1n) is 6.33. The molecule has 0 spiro atoms. The van der Waals surface area contributed by atoms with Gasteiger partial charge in [-0.25, -0.2) is 0 Å². The maximum Gasteiger partial charge on any atom is 0.258 e. The molecule has 1 fully saturated rings. The molecule has 0 radical (unpaired) electrons. The van der Waals surface area contributed by atoms with Crippen molar-refractivity contribution in [2.24, 2.45) is 0 Å². The SMILES string of the molecule is CC(C)c1c(O)nc(CN2CCNCC2)[nH]c1=O. The Bertz CT molecular complexity index is 464. The van der Waals surface area contributed by atoms with Gasteiger partial charge in [0.05, 0.1) is 12.1 Å². The molecule has 1 aromatic heterocycles. The van der Waals surface area contributed by atoms with Gasteiger partial charge in [0.25, 0.3) is 5.56 Å². The van der Waals surface area contributed by atoms with Gasteiger partial charge in [0.15, 0.2) is 0 Å². The molecule has 1 aliphatic heterocycles. The van der Waals surface area contributed by atoms with Crippen molar-refractivity contribution < 1.29 is 5.11 Å². The average Bonchev–Trinajstić information content (AvgIpc) is 2.28. The first kappa shape index (κ1) is 13.0. The Morgan fingerprint density at radius 1 is 1.39 bits per heavy atom. The van der Waals surface area contributed by atoms with Crippen LogP contribution in [0.1, 0.15) is 31.2 Å². The van der Waals surface area contributed by atoms with E-state index in [0.29, 0.717) is 17.9 Å². The van der Waals surface area contributed by atoms with E-state index in [-0.39, 0.29) is 17.4 Å². The molecule has 18 heavy (non-hydrogen) atoms. The quantitative estimate of drug-likeness (QED) is 0.705. The summed E-state index contributed by atoms with van der Waals surface area (Å²) in [6.45, 7) is 8.04. The second-order valence-electron chi connectivity index (χ2n) is 4.93. The summed E-state index contributed by atoms with van der Waals surface area (Å²) >= 11 is 0. The van der Waals surface area contributed by atoms with E-state index >= 15 is 0 Å². The van der Waals surface area contributed by atoms with Gasteiger partial charge in [0, 0.05) is 26.2 Å². The minimum atomic E-state index is -0.234. The van der Waals surface area contributed by atoms with Crippen molar-refractivity contribution >= 4 is 0 Å². The highest BCUT2D eigenvalue weighted by atomic mass is 16.3. The molecule has 1 aliphatic rings. The number of nitrogens with zero attached hydrogens (tertiary/aromatic N) is 2. The Kier molecular flexibility index (Phi) is 3.98. The Labute approximate surface area is 106 Å². The van der Waals surface area contributed by atoms with Gasteiger partial charge in [-0.3, -0.25) is 9.69 Å². The highest BCUT2D eigenvalue weighted by Crippen LogP contribution is 2.18. The first-order valence-corrected chi connectivity index (χ1v) is 6.33. The maximum absolute atomic E-state index is 11.9. The Hall–Kier alpha value is -1.40. The molecule has 0 aliphatic carbocycles. The van der Waals surface area contributed by atoms with E-state index in [9.17, 15) is 9.90 Å². The number of hydrogen-bond acceptors (Lipinski definition) is 5. The Morgan fingerprint density at radius 2 is 2.06 bits per heavy atom. The van der Waals surface area contributed by atoms with Crippen molar-refractivity contribution in [1.29, 1.82) is 0 Å². The molecule has 2 rings (SSSR count). The fraction of sp³-hybridized carbons (Fsp3) is 0.667. The molecule has 0 bridgehead atoms. The number of aromatic hydroxyl groups is 1. The third-order valence-corrected chi connectivity index (χ3v) is 3.14. The van der Waals surface area contributed by atoms with Crippen molar-refractivity contribution in [3.63, 3.8) is 0 Å². The van der Waals surface area contributed by atoms with Crippen LogP contribution < -0.4 is 10.9 Å². The van der Waals surface area contributed by atoms with Crippen LogP contribution in [0.15, 0.2) is 4.79 Å². The topological polar surface area (TPSA) is 81.2 Å². The molecule has 100 valence electrons. The zero-order valence-corrected chi connectivity index (χ0v) is 10.9. The lowest BCUT2D eigenvalue weighted by molar-refractivity contribution is 0.226. The van der Waals surface area contributed by atoms with Crippen molar-refractivity contribution in [3.8, 4) is 5.88 Å². The van der Waals surface area contributed by atoms with E-state index in [2.05, 4.69) is 20.2 Å². The third kappa shape index (κ3) is 2.88. The van der Waals surface area contributed by atoms with E-state index in [0.717, 1.165) is 26.2 Å². The molecule has 6 heteroatoms. The number of piperazine rings is 1. The molecule has 2 heterocycles. The Morgan fingerprint density at radius 3 is 2.61 bits per heavy atom. The lowest BCUT2D eigenvalue weighted by Crippen LogP contribution is -2.43. The number of nitrogens with one attached hydrogen (secondary N) is 2. The van der Waals surface area contributed by atoms with Crippen molar-refractivity contribution in [3.05, 3.63) is 21.7 Å². The molecule has 0 aromatic carbocycles. The van der Waals surface area contributed by atoms with Gasteiger partial charge in [0.2, 0.25) is 5.88 Å². The number of aromatic nitrogens is 2. The monoisotopic (exact) mass is 252 g/mol. The molecular formula is C12H20N4O2. The molecule has 1 aromatic rings. The maximum atomic E-state index is 11.9. The van der Waals surface area contributed by atoms with Gasteiger partial charge in [-0.2, -0.15) is 4.98 Å². The minimum absolute atomic E-state index is 0.0329. The summed E-state index contributed by atoms with van der Waals surface area (Å²) in [5, 5.41) is 13.1. The molecule has 1 saturated heterocycles. The van der Waals surface area contributed by atoms with Gasteiger partial charge in [-0.1, -0.05) is 13.8 Å². The number of aromatic amines is 1. The van der Waals surface area contributed by atoms with Crippen molar-refractivity contribution in [2.75, 3.05) is 26.2 Å². The predicted octanol–water partition coefficient (Wildman–Crippen LogP) is 0.00410. The van der Waals surface area contributed by atoms with Gasteiger partial charge in [-0.05, 0) is 5.92 Å². The summed E-state index contributed by atoms with van der Waals surface area (Å²) in [5.74, 6) is 0.358. The summed E-state index contributed by atoms with van der Waals surface area (Å²) in [6.07, 6.45) is 0. The normalized spacial score (nSPS) is 17.3. The molecule has 0 amide bonds. The third-order valence-electron chi connectivity index (χ3n) is 3.14. The van der Waals surface area contributed by atoms with E-state index in [4.69, 9.17) is 0 Å². The molecule has 3 N–H and O–H groups in total. The summed E-state index contributed by atoms with van der Waals surface area (Å²) < 4.78 is 0. The highest BCUT2D eigenvalue weighted by molar-refractivity contribution is 5.25. The second-order valence-corrected chi connectivity index (χ2v) is 4.93. The van der Waals surface area contributed by atoms with Gasteiger partial charge in [0.1, 0.15) is 5.82 Å². The van der Waals surface area contributed by atoms with Crippen LogP contribution in [0, 0.1) is 0 Å². The van der Waals surface area contributed by atoms with Crippen LogP contribution in [0.3, 0.4) is 0 Å². The van der Waals surface area contributed by atoms with E-state index in [1.807, 2.05) is 13.8 Å². The van der Waals surface area contributed by atoms with E-state index < -0.39 is 0 Å². The number of rotatable bonds is 3. The summed E-state index contributed by atoms with van der Waals surface area (Å²) in [6, 6.07) is 0. The van der Waals surface area contributed by atoms with Gasteiger partial charge < -0.3 is 15.4 Å². The lowest BCUT2D eigenvalue weighted by atomic mass is 10.1. The average molecular weight is 252 g/mol. The van der Waals surface area contributed by atoms with Crippen LogP contribution >= 0.6 is 0 Å². The predicted molar refractivity (Wildman–Crippen MR) is 68.8 cm³/mol. The zero-order valence-electron chi connectivity index (χ0n) is 10.9. The standard InChI is InChI=1S/C12H20N4O2/c1-8(2)10-11(17)14-9(15-12(10)18)7-16-5-3-13-4-6-16/h8,13H,3-7H2,1-2H3,(H2,14,15,17,18). The van der Waals surface area contributed by atoms with Crippen LogP contribution in [-0.2, 0) is 6.54 Å². The molecule has 6 nitrogen and oxygen atoms in total. The highest BCUT2D eigenvalue weighted by Gasteiger charge is 2.16. The van der Waals surface area contributed by atoms with Crippen LogP contribution in [0.5, 0.6) is 5.88 Å². The fourth-order valence-corrected chi connectivity index (χ4v) is 2.19. The molecule has 0 atom stereocenters. The van der Waals surface area contributed by atoms with Gasteiger partial charge >= 0.3 is 0 Å².